The number of alkyl halides is 3. The molecule has 0 amide bonds. The van der Waals surface area contributed by atoms with E-state index in [9.17, 15) is 18.3 Å². The molecule has 1 aromatic carbocycles. The largest absolute Gasteiger partial charge is 0.490 e. The van der Waals surface area contributed by atoms with Gasteiger partial charge in [0.25, 0.3) is 0 Å². The molecule has 1 aliphatic heterocycles. The van der Waals surface area contributed by atoms with Crippen LogP contribution in [0.4, 0.5) is 18.9 Å². The Hall–Kier alpha value is -2.83. The summed E-state index contributed by atoms with van der Waals surface area (Å²) in [7, 11) is 1.89. The standard InChI is InChI=1S/C25H35F3N6O3/c1-34-15-32-24-20(33-23(29)8-9-30-17-3-2-10-36-14-17)11-19(12-21(24)34)37-18-6-4-16(5-7-18)31-13-22(35)25(26,27)28/h8-9,11-12,15-18,22,30-31,35H,2-7,10,13-14H2,1H3,(H2,29,33)/b9-8-/t16-,17-,18+,22+/m0/s1. The van der Waals surface area contributed by atoms with Crippen LogP contribution >= 0.6 is 0 Å². The number of hydrogen-bond acceptors (Lipinski definition) is 7. The van der Waals surface area contributed by atoms with Gasteiger partial charge in [-0.3, -0.25) is 5.41 Å². The number of ether oxygens (including phenoxy) is 2. The predicted octanol–water partition coefficient (Wildman–Crippen LogP) is 3.45. The van der Waals surface area contributed by atoms with Crippen molar-refractivity contribution in [3.05, 3.63) is 30.7 Å². The summed E-state index contributed by atoms with van der Waals surface area (Å²) in [6.07, 6.45) is 2.79. The molecular formula is C25H35F3N6O3. The third-order valence-electron chi connectivity index (χ3n) is 6.77. The number of amidine groups is 1. The van der Waals surface area contributed by atoms with Crippen LogP contribution in [-0.4, -0.2) is 70.7 Å². The van der Waals surface area contributed by atoms with Crippen LogP contribution in [0.5, 0.6) is 5.75 Å². The summed E-state index contributed by atoms with van der Waals surface area (Å²) >= 11 is 0. The van der Waals surface area contributed by atoms with Gasteiger partial charge < -0.3 is 35.1 Å². The van der Waals surface area contributed by atoms with Crippen LogP contribution in [0.2, 0.25) is 0 Å². The molecule has 0 spiro atoms. The third kappa shape index (κ3) is 7.59. The molecule has 1 saturated heterocycles. The molecule has 2 aromatic rings. The second kappa shape index (κ2) is 12.1. The van der Waals surface area contributed by atoms with E-state index in [-0.39, 0.29) is 24.0 Å². The molecule has 2 fully saturated rings. The Bertz CT molecular complexity index is 1080. The maximum Gasteiger partial charge on any atom is 0.415 e. The Morgan fingerprint density at radius 3 is 2.76 bits per heavy atom. The van der Waals surface area contributed by atoms with Gasteiger partial charge in [-0.1, -0.05) is 0 Å². The molecule has 1 saturated carbocycles. The van der Waals surface area contributed by atoms with Crippen LogP contribution in [-0.2, 0) is 11.8 Å². The van der Waals surface area contributed by atoms with Crippen LogP contribution in [0.15, 0.2) is 30.7 Å². The normalized spacial score (nSPS) is 23.8. The number of nitrogens with zero attached hydrogens (tertiary/aromatic N) is 2. The fourth-order valence-electron chi connectivity index (χ4n) is 4.67. The molecule has 2 atom stereocenters. The molecule has 204 valence electrons. The monoisotopic (exact) mass is 524 g/mol. The molecule has 0 bridgehead atoms. The minimum Gasteiger partial charge on any atom is -0.490 e. The summed E-state index contributed by atoms with van der Waals surface area (Å²) in [6, 6.07) is 3.89. The Kier molecular flexibility index (Phi) is 8.93. The number of hydrogen-bond donors (Lipinski definition) is 5. The van der Waals surface area contributed by atoms with Gasteiger partial charge in [0, 0.05) is 50.6 Å². The van der Waals surface area contributed by atoms with Gasteiger partial charge in [0.05, 0.1) is 30.2 Å². The average molecular weight is 525 g/mol. The number of rotatable bonds is 9. The first-order chi connectivity index (χ1) is 17.7. The Morgan fingerprint density at radius 1 is 1.27 bits per heavy atom. The van der Waals surface area contributed by atoms with E-state index in [1.165, 1.54) is 0 Å². The zero-order chi connectivity index (χ0) is 26.4. The fraction of sp³-hybridized carbons (Fsp3) is 0.600. The smallest absolute Gasteiger partial charge is 0.415 e. The molecule has 2 aliphatic rings. The van der Waals surface area contributed by atoms with Crippen LogP contribution in [0.3, 0.4) is 0 Å². The first kappa shape index (κ1) is 27.2. The number of anilines is 1. The van der Waals surface area contributed by atoms with Crippen molar-refractivity contribution >= 4 is 22.6 Å². The van der Waals surface area contributed by atoms with Crippen molar-refractivity contribution in [3.8, 4) is 5.75 Å². The molecule has 4 rings (SSSR count). The van der Waals surface area contributed by atoms with E-state index in [1.807, 2.05) is 23.7 Å². The molecule has 5 N–H and O–H groups in total. The van der Waals surface area contributed by atoms with E-state index in [0.717, 1.165) is 30.5 Å². The highest BCUT2D eigenvalue weighted by Gasteiger charge is 2.38. The van der Waals surface area contributed by atoms with Crippen molar-refractivity contribution in [1.29, 1.82) is 5.41 Å². The van der Waals surface area contributed by atoms with Gasteiger partial charge in [0.15, 0.2) is 6.10 Å². The molecule has 1 aliphatic carbocycles. The number of benzene rings is 1. The number of aryl methyl sites for hydroxylation is 1. The number of aromatic nitrogens is 2. The summed E-state index contributed by atoms with van der Waals surface area (Å²) in [5.74, 6) is 0.831. The van der Waals surface area contributed by atoms with E-state index < -0.39 is 18.8 Å². The van der Waals surface area contributed by atoms with Crippen LogP contribution in [0, 0.1) is 5.41 Å². The maximum absolute atomic E-state index is 12.5. The fourth-order valence-corrected chi connectivity index (χ4v) is 4.67. The van der Waals surface area contributed by atoms with Crippen molar-refractivity contribution < 1.29 is 27.8 Å². The van der Waals surface area contributed by atoms with Gasteiger partial charge >= 0.3 is 6.18 Å². The number of aliphatic hydroxyl groups excluding tert-OH is 1. The van der Waals surface area contributed by atoms with E-state index in [4.69, 9.17) is 14.9 Å². The maximum atomic E-state index is 12.5. The summed E-state index contributed by atoms with van der Waals surface area (Å²) in [5, 5.41) is 26.7. The Balaban J connectivity index is 1.33. The van der Waals surface area contributed by atoms with Crippen molar-refractivity contribution in [2.75, 3.05) is 25.1 Å². The molecule has 37 heavy (non-hydrogen) atoms. The zero-order valence-corrected chi connectivity index (χ0v) is 20.9. The van der Waals surface area contributed by atoms with E-state index in [2.05, 4.69) is 20.9 Å². The highest BCUT2D eigenvalue weighted by molar-refractivity contribution is 6.06. The van der Waals surface area contributed by atoms with Gasteiger partial charge in [-0.25, -0.2) is 4.98 Å². The Morgan fingerprint density at radius 2 is 2.05 bits per heavy atom. The average Bonchev–Trinajstić information content (AvgIpc) is 3.24. The molecular weight excluding hydrogens is 489 g/mol. The zero-order valence-electron chi connectivity index (χ0n) is 20.9. The van der Waals surface area contributed by atoms with Gasteiger partial charge in [0.2, 0.25) is 0 Å². The van der Waals surface area contributed by atoms with Crippen LogP contribution < -0.4 is 20.7 Å². The van der Waals surface area contributed by atoms with Crippen molar-refractivity contribution in [2.45, 2.75) is 69.0 Å². The highest BCUT2D eigenvalue weighted by atomic mass is 19.4. The summed E-state index contributed by atoms with van der Waals surface area (Å²) in [6.45, 7) is 0.949. The molecule has 12 heteroatoms. The van der Waals surface area contributed by atoms with Gasteiger partial charge in [-0.15, -0.1) is 0 Å². The molecule has 9 nitrogen and oxygen atoms in total. The van der Waals surface area contributed by atoms with E-state index in [1.54, 1.807) is 18.6 Å². The summed E-state index contributed by atoms with van der Waals surface area (Å²) < 4.78 is 51.2. The molecule has 0 radical (unpaired) electrons. The Labute approximate surface area is 213 Å². The van der Waals surface area contributed by atoms with Crippen molar-refractivity contribution in [2.24, 2.45) is 7.05 Å². The molecule has 1 aromatic heterocycles. The lowest BCUT2D eigenvalue weighted by molar-refractivity contribution is -0.202. The minimum absolute atomic E-state index is 0.0784. The number of aliphatic hydroxyl groups is 1. The lowest BCUT2D eigenvalue weighted by atomic mass is 9.93. The van der Waals surface area contributed by atoms with E-state index in [0.29, 0.717) is 43.7 Å². The second-order valence-corrected chi connectivity index (χ2v) is 9.70. The topological polar surface area (TPSA) is 116 Å². The number of imidazole rings is 1. The minimum atomic E-state index is -4.61. The van der Waals surface area contributed by atoms with Crippen LogP contribution in [0.1, 0.15) is 38.5 Å². The lowest BCUT2D eigenvalue weighted by Gasteiger charge is -2.30. The quantitative estimate of drug-likeness (QED) is 0.252. The third-order valence-corrected chi connectivity index (χ3v) is 6.77. The lowest BCUT2D eigenvalue weighted by Crippen LogP contribution is -2.44. The van der Waals surface area contributed by atoms with E-state index >= 15 is 0 Å². The van der Waals surface area contributed by atoms with Crippen LogP contribution in [0.25, 0.3) is 11.0 Å². The number of nitrogens with one attached hydrogen (secondary N) is 4. The summed E-state index contributed by atoms with van der Waals surface area (Å²) in [4.78, 5) is 4.46. The second-order valence-electron chi connectivity index (χ2n) is 9.70. The van der Waals surface area contributed by atoms with Gasteiger partial charge in [0.1, 0.15) is 17.1 Å². The predicted molar refractivity (Wildman–Crippen MR) is 135 cm³/mol. The van der Waals surface area contributed by atoms with Crippen molar-refractivity contribution in [1.82, 2.24) is 20.2 Å². The van der Waals surface area contributed by atoms with Gasteiger partial charge in [-0.05, 0) is 44.6 Å². The summed E-state index contributed by atoms with van der Waals surface area (Å²) in [5.41, 5.74) is 2.23. The molecule has 0 unspecified atom stereocenters. The number of fused-ring (bicyclic) bond motifs is 1. The van der Waals surface area contributed by atoms with Gasteiger partial charge in [-0.2, -0.15) is 13.2 Å². The number of halogens is 3. The highest BCUT2D eigenvalue weighted by Crippen LogP contribution is 2.31. The van der Waals surface area contributed by atoms with Crippen molar-refractivity contribution in [3.63, 3.8) is 0 Å². The first-order valence-corrected chi connectivity index (χ1v) is 12.6. The molecule has 2 heterocycles. The first-order valence-electron chi connectivity index (χ1n) is 12.6. The SMILES string of the molecule is Cn1cnc2c(NC(=N)/C=C\N[C@H]3CCCOC3)cc(O[C@H]3CC[C@@H](NC[C@@H](O)C(F)(F)F)CC3)cc21.